The first-order valence-electron chi connectivity index (χ1n) is 8.26. The smallest absolute Gasteiger partial charge is 0.331 e. The van der Waals surface area contributed by atoms with Crippen molar-refractivity contribution in [3.05, 3.63) is 96.3 Å². The Labute approximate surface area is 158 Å². The van der Waals surface area contributed by atoms with Gasteiger partial charge in [0.2, 0.25) is 0 Å². The van der Waals surface area contributed by atoms with Crippen molar-refractivity contribution in [3.63, 3.8) is 0 Å². The van der Waals surface area contributed by atoms with Crippen molar-refractivity contribution in [1.82, 2.24) is 0 Å². The van der Waals surface area contributed by atoms with E-state index in [1.807, 2.05) is 60.7 Å². The van der Waals surface area contributed by atoms with E-state index >= 15 is 0 Å². The number of benzene rings is 3. The maximum Gasteiger partial charge on any atom is 0.331 e. The van der Waals surface area contributed by atoms with Gasteiger partial charge in [0.25, 0.3) is 0 Å². The van der Waals surface area contributed by atoms with E-state index in [0.717, 1.165) is 28.9 Å². The number of hydrogen-bond donors (Lipinski definition) is 2. The molecule has 0 aliphatic heterocycles. The number of carboxylic acids is 1. The average Bonchev–Trinajstić information content (AvgIpc) is 2.71. The van der Waals surface area contributed by atoms with Crippen LogP contribution in [0.3, 0.4) is 0 Å². The third-order valence-corrected chi connectivity index (χ3v) is 3.56. The van der Waals surface area contributed by atoms with Crippen LogP contribution >= 0.6 is 0 Å². The number of rotatable bonds is 3. The number of fused-ring (bicyclic) bond motifs is 1. The molecule has 0 aromatic heterocycles. The zero-order chi connectivity index (χ0) is 19.5. The van der Waals surface area contributed by atoms with E-state index in [1.54, 1.807) is 0 Å². The second-order valence-electron chi connectivity index (χ2n) is 5.52. The van der Waals surface area contributed by atoms with Gasteiger partial charge >= 0.3 is 5.97 Å². The van der Waals surface area contributed by atoms with E-state index in [0.29, 0.717) is 0 Å². The number of aliphatic hydroxyl groups is 1. The Hall–Kier alpha value is -3.55. The average molecular weight is 360 g/mol. The Morgan fingerprint density at radius 1 is 1.00 bits per heavy atom. The van der Waals surface area contributed by atoms with Gasteiger partial charge in [-0.1, -0.05) is 72.5 Å². The Morgan fingerprint density at radius 3 is 2.30 bits per heavy atom. The van der Waals surface area contributed by atoms with Crippen LogP contribution in [0, 0.1) is 11.8 Å². The zero-order valence-electron chi connectivity index (χ0n) is 14.9. The fourth-order valence-corrected chi connectivity index (χ4v) is 2.26. The van der Waals surface area contributed by atoms with E-state index in [2.05, 4.69) is 28.7 Å². The van der Waals surface area contributed by atoms with Crippen LogP contribution in [0.2, 0.25) is 0 Å². The molecule has 0 saturated heterocycles. The summed E-state index contributed by atoms with van der Waals surface area (Å²) in [6, 6.07) is 23.7. The fourth-order valence-electron chi connectivity index (χ4n) is 2.26. The van der Waals surface area contributed by atoms with Crippen LogP contribution in [0.1, 0.15) is 17.2 Å². The largest absolute Gasteiger partial charge is 0.504 e. The van der Waals surface area contributed by atoms with Gasteiger partial charge in [-0.25, -0.2) is 4.79 Å². The van der Waals surface area contributed by atoms with Gasteiger partial charge < -0.3 is 14.9 Å². The minimum atomic E-state index is -0.998. The van der Waals surface area contributed by atoms with Crippen molar-refractivity contribution in [3.8, 4) is 11.8 Å². The standard InChI is InChI=1S/C19H14O.C4H6O3/c20-19(17-7-2-1-3-8-17)13-11-15-10-12-16-6-4-5-9-18(16)14-15;1-7-3-2-4(5)6/h1-10,12,14,19-20H;2-3H,1H3,(H,5,6). The molecule has 0 aliphatic carbocycles. The summed E-state index contributed by atoms with van der Waals surface area (Å²) in [6.07, 6.45) is 1.27. The molecular weight excluding hydrogens is 340 g/mol. The molecule has 0 aliphatic rings. The quantitative estimate of drug-likeness (QED) is 0.418. The monoisotopic (exact) mass is 360 g/mol. The van der Waals surface area contributed by atoms with Crippen LogP contribution in [0.15, 0.2) is 85.1 Å². The zero-order valence-corrected chi connectivity index (χ0v) is 14.9. The van der Waals surface area contributed by atoms with E-state index < -0.39 is 12.1 Å². The molecule has 0 heterocycles. The van der Waals surface area contributed by atoms with E-state index in [4.69, 9.17) is 5.11 Å². The lowest BCUT2D eigenvalue weighted by molar-refractivity contribution is -0.131. The second kappa shape index (κ2) is 10.4. The highest BCUT2D eigenvalue weighted by molar-refractivity contribution is 5.83. The number of aliphatic hydroxyl groups excluding tert-OH is 1. The van der Waals surface area contributed by atoms with Gasteiger partial charge in [-0.15, -0.1) is 0 Å². The molecular formula is C23H20O4. The molecule has 0 spiro atoms. The Morgan fingerprint density at radius 2 is 1.67 bits per heavy atom. The number of carboxylic acid groups (broad SMARTS) is 1. The molecule has 0 radical (unpaired) electrons. The highest BCUT2D eigenvalue weighted by atomic mass is 16.5. The molecule has 4 nitrogen and oxygen atoms in total. The molecule has 3 aromatic carbocycles. The van der Waals surface area contributed by atoms with Gasteiger partial charge in [-0.2, -0.15) is 0 Å². The summed E-state index contributed by atoms with van der Waals surface area (Å²) in [7, 11) is 1.39. The van der Waals surface area contributed by atoms with Gasteiger partial charge in [0, 0.05) is 5.56 Å². The first-order chi connectivity index (χ1) is 13.1. The topological polar surface area (TPSA) is 66.8 Å². The summed E-state index contributed by atoms with van der Waals surface area (Å²) in [5, 5.41) is 20.3. The summed E-state index contributed by atoms with van der Waals surface area (Å²) in [4.78, 5) is 9.59. The first-order valence-corrected chi connectivity index (χ1v) is 8.26. The molecule has 0 fully saturated rings. The molecule has 1 atom stereocenters. The third kappa shape index (κ3) is 6.69. The number of methoxy groups -OCH3 is 1. The summed E-state index contributed by atoms with van der Waals surface area (Å²) in [5.41, 5.74) is 1.74. The van der Waals surface area contributed by atoms with Crippen LogP contribution < -0.4 is 0 Å². The van der Waals surface area contributed by atoms with Crippen LogP contribution in [-0.4, -0.2) is 23.3 Å². The van der Waals surface area contributed by atoms with E-state index in [-0.39, 0.29) is 0 Å². The van der Waals surface area contributed by atoms with Crippen LogP contribution in [0.25, 0.3) is 10.8 Å². The molecule has 27 heavy (non-hydrogen) atoms. The van der Waals surface area contributed by atoms with Crippen molar-refractivity contribution >= 4 is 16.7 Å². The van der Waals surface area contributed by atoms with Crippen molar-refractivity contribution in [2.45, 2.75) is 6.10 Å². The maximum atomic E-state index is 10.0. The van der Waals surface area contributed by atoms with Crippen LogP contribution in [0.4, 0.5) is 0 Å². The Bertz CT molecular complexity index is 966. The van der Waals surface area contributed by atoms with Crippen molar-refractivity contribution in [2.75, 3.05) is 7.11 Å². The van der Waals surface area contributed by atoms with Gasteiger partial charge in [-0.05, 0) is 28.5 Å². The van der Waals surface area contributed by atoms with Crippen LogP contribution in [-0.2, 0) is 9.53 Å². The third-order valence-electron chi connectivity index (χ3n) is 3.56. The van der Waals surface area contributed by atoms with E-state index in [1.165, 1.54) is 12.5 Å². The molecule has 4 heteroatoms. The van der Waals surface area contributed by atoms with Gasteiger partial charge in [0.15, 0.2) is 0 Å². The summed E-state index contributed by atoms with van der Waals surface area (Å²) in [6.45, 7) is 0. The lowest BCUT2D eigenvalue weighted by Crippen LogP contribution is -1.92. The fraction of sp³-hybridized carbons (Fsp3) is 0.0870. The lowest BCUT2D eigenvalue weighted by Gasteiger charge is -2.02. The number of hydrogen-bond acceptors (Lipinski definition) is 3. The summed E-state index contributed by atoms with van der Waals surface area (Å²) >= 11 is 0. The maximum absolute atomic E-state index is 10.0. The first kappa shape index (κ1) is 19.8. The highest BCUT2D eigenvalue weighted by Gasteiger charge is 2.01. The Kier molecular flexibility index (Phi) is 7.65. The molecule has 3 aromatic rings. The summed E-state index contributed by atoms with van der Waals surface area (Å²) < 4.78 is 4.29. The van der Waals surface area contributed by atoms with Crippen molar-refractivity contribution < 1.29 is 19.7 Å². The molecule has 3 rings (SSSR count). The Balaban J connectivity index is 0.000000321. The number of carbonyl (C=O) groups is 1. The minimum Gasteiger partial charge on any atom is -0.504 e. The lowest BCUT2D eigenvalue weighted by atomic mass is 10.1. The molecule has 0 amide bonds. The molecule has 1 unspecified atom stereocenters. The summed E-state index contributed by atoms with van der Waals surface area (Å²) in [5.74, 6) is 4.92. The van der Waals surface area contributed by atoms with Gasteiger partial charge in [0.05, 0.1) is 19.4 Å². The molecule has 0 bridgehead atoms. The predicted octanol–water partition coefficient (Wildman–Crippen LogP) is 4.16. The van der Waals surface area contributed by atoms with Crippen LogP contribution in [0.5, 0.6) is 0 Å². The normalized spacial score (nSPS) is 11.0. The van der Waals surface area contributed by atoms with Gasteiger partial charge in [0.1, 0.15) is 6.10 Å². The highest BCUT2D eigenvalue weighted by Crippen LogP contribution is 2.16. The minimum absolute atomic E-state index is 0.748. The molecule has 2 N–H and O–H groups in total. The molecule has 136 valence electrons. The van der Waals surface area contributed by atoms with Crippen molar-refractivity contribution in [1.29, 1.82) is 0 Å². The molecule has 0 saturated carbocycles. The SMILES string of the molecule is COC=CC(=O)O.OC(C#Cc1ccc2ccccc2c1)c1ccccc1. The number of ether oxygens (including phenoxy) is 1. The number of aliphatic carboxylic acids is 1. The van der Waals surface area contributed by atoms with E-state index in [9.17, 15) is 9.90 Å². The van der Waals surface area contributed by atoms with Gasteiger partial charge in [-0.3, -0.25) is 0 Å². The predicted molar refractivity (Wildman–Crippen MR) is 106 cm³/mol. The second-order valence-corrected chi connectivity index (χ2v) is 5.52. The van der Waals surface area contributed by atoms with Crippen molar-refractivity contribution in [2.24, 2.45) is 0 Å².